The maximum Gasteiger partial charge on any atom is 0.293 e. The zero-order valence-electron chi connectivity index (χ0n) is 16.1. The molecule has 2 amide bonds. The summed E-state index contributed by atoms with van der Waals surface area (Å²) in [4.78, 5) is 26.6. The first-order chi connectivity index (χ1) is 15.0. The van der Waals surface area contributed by atoms with Crippen molar-refractivity contribution in [2.24, 2.45) is 10.2 Å². The highest BCUT2D eigenvalue weighted by atomic mass is 127. The summed E-state index contributed by atoms with van der Waals surface area (Å²) in [5.41, 5.74) is 2.49. The van der Waals surface area contributed by atoms with Gasteiger partial charge in [-0.05, 0) is 88.5 Å². The molecule has 3 aromatic rings. The lowest BCUT2D eigenvalue weighted by Crippen LogP contribution is -2.27. The Morgan fingerprint density at radius 3 is 2.39 bits per heavy atom. The third kappa shape index (κ3) is 5.20. The number of carbonyl (C=O) groups is 2. The van der Waals surface area contributed by atoms with Gasteiger partial charge in [-0.15, -0.1) is 0 Å². The minimum Gasteiger partial charge on any atom is -0.507 e. The molecule has 0 aliphatic carbocycles. The summed E-state index contributed by atoms with van der Waals surface area (Å²) in [6.07, 6.45) is 1.51. The number of imide groups is 1. The molecule has 0 unspecified atom stereocenters. The van der Waals surface area contributed by atoms with E-state index in [0.29, 0.717) is 16.9 Å². The number of halogens is 1. The van der Waals surface area contributed by atoms with Gasteiger partial charge < -0.3 is 5.11 Å². The lowest BCUT2D eigenvalue weighted by molar-refractivity contribution is -0.123. The van der Waals surface area contributed by atoms with Crippen LogP contribution in [0.2, 0.25) is 0 Å². The predicted octanol–water partition coefficient (Wildman–Crippen LogP) is 6.65. The molecule has 1 fully saturated rings. The van der Waals surface area contributed by atoms with E-state index in [1.807, 2.05) is 54.6 Å². The maximum absolute atomic E-state index is 12.8. The van der Waals surface area contributed by atoms with Crippen LogP contribution in [-0.2, 0) is 11.3 Å². The molecule has 0 atom stereocenters. The van der Waals surface area contributed by atoms with Crippen molar-refractivity contribution in [3.63, 3.8) is 0 Å². The number of hydrogen-bond donors (Lipinski definition) is 1. The highest BCUT2D eigenvalue weighted by Gasteiger charge is 2.35. The highest BCUT2D eigenvalue weighted by molar-refractivity contribution is 14.1. The molecule has 0 radical (unpaired) electrons. The standard InChI is InChI=1S/C23H16IN3O3S/c24-17-8-6-15(7-9-17)14-27-22(29)21(31-23(27)30)13-16-12-19(10-11-20(16)28)26-25-18-4-2-1-3-5-18/h1-13,28H,14H2/b21-13-,26-25?. The SMILES string of the molecule is O=C1S/C(=C\c2cc(N=Nc3ccccc3)ccc2O)C(=O)N1Cc1ccc(I)cc1. The van der Waals surface area contributed by atoms with Gasteiger partial charge in [0.15, 0.2) is 0 Å². The van der Waals surface area contributed by atoms with Gasteiger partial charge >= 0.3 is 0 Å². The molecule has 0 saturated carbocycles. The summed E-state index contributed by atoms with van der Waals surface area (Å²) in [6.45, 7) is 0.205. The summed E-state index contributed by atoms with van der Waals surface area (Å²) in [6, 6.07) is 21.6. The van der Waals surface area contributed by atoms with Crippen molar-refractivity contribution in [3.8, 4) is 5.75 Å². The van der Waals surface area contributed by atoms with Crippen LogP contribution in [0.3, 0.4) is 0 Å². The zero-order valence-corrected chi connectivity index (χ0v) is 19.1. The molecule has 4 rings (SSSR count). The van der Waals surface area contributed by atoms with E-state index in [9.17, 15) is 14.7 Å². The molecule has 1 aliphatic heterocycles. The highest BCUT2D eigenvalue weighted by Crippen LogP contribution is 2.35. The second kappa shape index (κ2) is 9.44. The van der Waals surface area contributed by atoms with E-state index in [4.69, 9.17) is 0 Å². The number of carbonyl (C=O) groups excluding carboxylic acids is 2. The Kier molecular flexibility index (Phi) is 6.47. The van der Waals surface area contributed by atoms with E-state index in [1.54, 1.807) is 12.1 Å². The smallest absolute Gasteiger partial charge is 0.293 e. The van der Waals surface area contributed by atoms with Crippen LogP contribution in [0.5, 0.6) is 5.75 Å². The lowest BCUT2D eigenvalue weighted by atomic mass is 10.1. The molecule has 1 aliphatic rings. The number of nitrogens with zero attached hydrogens (tertiary/aromatic N) is 3. The predicted molar refractivity (Wildman–Crippen MR) is 129 cm³/mol. The number of rotatable bonds is 5. The molecule has 1 N–H and O–H groups in total. The van der Waals surface area contributed by atoms with Crippen molar-refractivity contribution in [2.75, 3.05) is 0 Å². The van der Waals surface area contributed by atoms with E-state index in [2.05, 4.69) is 32.8 Å². The van der Waals surface area contributed by atoms with Crippen LogP contribution < -0.4 is 0 Å². The summed E-state index contributed by atoms with van der Waals surface area (Å²) >= 11 is 3.06. The number of azo groups is 1. The van der Waals surface area contributed by atoms with Gasteiger partial charge in [-0.1, -0.05) is 30.3 Å². The lowest BCUT2D eigenvalue weighted by Gasteiger charge is -2.12. The van der Waals surface area contributed by atoms with E-state index >= 15 is 0 Å². The first-order valence-electron chi connectivity index (χ1n) is 9.29. The average Bonchev–Trinajstić information content (AvgIpc) is 3.04. The second-order valence-electron chi connectivity index (χ2n) is 6.67. The fraction of sp³-hybridized carbons (Fsp3) is 0.0435. The Morgan fingerprint density at radius 1 is 0.935 bits per heavy atom. The Balaban J connectivity index is 1.55. The molecule has 154 valence electrons. The molecular weight excluding hydrogens is 525 g/mol. The van der Waals surface area contributed by atoms with Gasteiger partial charge in [0, 0.05) is 9.13 Å². The summed E-state index contributed by atoms with van der Waals surface area (Å²) < 4.78 is 1.08. The first-order valence-corrected chi connectivity index (χ1v) is 11.2. The van der Waals surface area contributed by atoms with Gasteiger partial charge in [-0.3, -0.25) is 14.5 Å². The molecular formula is C23H16IN3O3S. The van der Waals surface area contributed by atoms with Gasteiger partial charge in [0.05, 0.1) is 22.8 Å². The van der Waals surface area contributed by atoms with Crippen LogP contribution >= 0.6 is 34.4 Å². The Bertz CT molecular complexity index is 1190. The van der Waals surface area contributed by atoms with Gasteiger partial charge in [-0.2, -0.15) is 10.2 Å². The van der Waals surface area contributed by atoms with Crippen molar-refractivity contribution in [3.05, 3.63) is 92.4 Å². The topological polar surface area (TPSA) is 82.3 Å². The molecule has 8 heteroatoms. The average molecular weight is 541 g/mol. The van der Waals surface area contributed by atoms with Crippen LogP contribution in [0, 0.1) is 3.57 Å². The van der Waals surface area contributed by atoms with Crippen LogP contribution in [0.25, 0.3) is 6.08 Å². The number of aromatic hydroxyl groups is 1. The first kappa shape index (κ1) is 21.3. The largest absolute Gasteiger partial charge is 0.507 e. The number of amides is 2. The zero-order chi connectivity index (χ0) is 21.8. The second-order valence-corrected chi connectivity index (χ2v) is 8.91. The van der Waals surface area contributed by atoms with Crippen molar-refractivity contribution in [1.82, 2.24) is 4.90 Å². The molecule has 1 saturated heterocycles. The van der Waals surface area contributed by atoms with Crippen LogP contribution in [0.1, 0.15) is 11.1 Å². The van der Waals surface area contributed by atoms with E-state index in [1.165, 1.54) is 17.0 Å². The van der Waals surface area contributed by atoms with Crippen molar-refractivity contribution in [2.45, 2.75) is 6.54 Å². The third-order valence-electron chi connectivity index (χ3n) is 4.46. The quantitative estimate of drug-likeness (QED) is 0.223. The number of phenols is 1. The minimum absolute atomic E-state index is 0.0110. The Morgan fingerprint density at radius 2 is 1.65 bits per heavy atom. The Hall–Kier alpha value is -2.98. The van der Waals surface area contributed by atoms with Crippen molar-refractivity contribution < 1.29 is 14.7 Å². The molecule has 0 aromatic heterocycles. The van der Waals surface area contributed by atoms with E-state index in [0.717, 1.165) is 20.9 Å². The number of hydrogen-bond acceptors (Lipinski definition) is 6. The van der Waals surface area contributed by atoms with Gasteiger partial charge in [-0.25, -0.2) is 0 Å². The summed E-state index contributed by atoms with van der Waals surface area (Å²) in [5, 5.41) is 18.2. The van der Waals surface area contributed by atoms with E-state index < -0.39 is 0 Å². The number of thioether (sulfide) groups is 1. The fourth-order valence-electron chi connectivity index (χ4n) is 2.88. The number of benzene rings is 3. The van der Waals surface area contributed by atoms with Crippen LogP contribution in [0.15, 0.2) is 87.9 Å². The monoisotopic (exact) mass is 541 g/mol. The molecule has 31 heavy (non-hydrogen) atoms. The summed E-state index contributed by atoms with van der Waals surface area (Å²) in [5.74, 6) is -0.396. The Labute approximate surface area is 196 Å². The van der Waals surface area contributed by atoms with Gasteiger partial charge in [0.2, 0.25) is 0 Å². The van der Waals surface area contributed by atoms with Gasteiger partial charge in [0.25, 0.3) is 11.1 Å². The van der Waals surface area contributed by atoms with Crippen LogP contribution in [-0.4, -0.2) is 21.2 Å². The number of phenolic OH excluding ortho intramolecular Hbond substituents is 1. The molecule has 1 heterocycles. The summed E-state index contributed by atoms with van der Waals surface area (Å²) in [7, 11) is 0. The van der Waals surface area contributed by atoms with Crippen molar-refractivity contribution in [1.29, 1.82) is 0 Å². The van der Waals surface area contributed by atoms with Crippen molar-refractivity contribution >= 4 is 62.9 Å². The van der Waals surface area contributed by atoms with Gasteiger partial charge in [0.1, 0.15) is 5.75 Å². The molecule has 3 aromatic carbocycles. The molecule has 6 nitrogen and oxygen atoms in total. The normalized spacial score (nSPS) is 15.4. The molecule has 0 bridgehead atoms. The van der Waals surface area contributed by atoms with E-state index in [-0.39, 0.29) is 28.3 Å². The molecule has 0 spiro atoms. The third-order valence-corrected chi connectivity index (χ3v) is 6.09. The minimum atomic E-state index is -0.385. The van der Waals surface area contributed by atoms with Crippen LogP contribution in [0.4, 0.5) is 16.2 Å². The fourth-order valence-corrected chi connectivity index (χ4v) is 4.07. The maximum atomic E-state index is 12.8.